The van der Waals surface area contributed by atoms with Crippen molar-refractivity contribution in [3.63, 3.8) is 0 Å². The summed E-state index contributed by atoms with van der Waals surface area (Å²) in [6, 6.07) is 24.4. The smallest absolute Gasteiger partial charge is 0.139 e. The van der Waals surface area contributed by atoms with Gasteiger partial charge in [0.15, 0.2) is 0 Å². The van der Waals surface area contributed by atoms with E-state index in [9.17, 15) is 4.79 Å². The first-order valence-electron chi connectivity index (χ1n) is 9.99. The number of carbonyl (C=O) groups excluding carboxylic acids is 1. The summed E-state index contributed by atoms with van der Waals surface area (Å²) in [7, 11) is 0. The van der Waals surface area contributed by atoms with E-state index in [1.54, 1.807) is 0 Å². The van der Waals surface area contributed by atoms with E-state index in [0.717, 1.165) is 55.7 Å². The summed E-state index contributed by atoms with van der Waals surface area (Å²) in [6.07, 6.45) is 7.02. The lowest BCUT2D eigenvalue weighted by molar-refractivity contribution is -0.110. The van der Waals surface area contributed by atoms with Crippen molar-refractivity contribution in [2.24, 2.45) is 0 Å². The highest BCUT2D eigenvalue weighted by Crippen LogP contribution is 2.45. The van der Waals surface area contributed by atoms with Crippen LogP contribution < -0.4 is 0 Å². The summed E-state index contributed by atoms with van der Waals surface area (Å²) >= 11 is 0. The molecule has 0 amide bonds. The van der Waals surface area contributed by atoms with Crippen LogP contribution in [0.25, 0.3) is 32.7 Å². The Balaban J connectivity index is 1.80. The Kier molecular flexibility index (Phi) is 3.50. The summed E-state index contributed by atoms with van der Waals surface area (Å²) in [4.78, 5) is 23.3. The van der Waals surface area contributed by atoms with Crippen LogP contribution in [0.2, 0.25) is 0 Å². The van der Waals surface area contributed by atoms with Crippen molar-refractivity contribution in [3.8, 4) is 0 Å². The molecule has 0 aliphatic carbocycles. The Hall–Kier alpha value is -4.05. The monoisotopic (exact) mass is 389 g/mol. The molecule has 0 unspecified atom stereocenters. The van der Waals surface area contributed by atoms with Gasteiger partial charge in [0.1, 0.15) is 11.7 Å². The molecule has 0 aliphatic heterocycles. The number of carbonyl (C=O) groups is 1. The molecule has 6 rings (SSSR count). The lowest BCUT2D eigenvalue weighted by atomic mass is 9.70. The second kappa shape index (κ2) is 6.22. The molecule has 3 aromatic heterocycles. The van der Waals surface area contributed by atoms with Crippen LogP contribution in [0.3, 0.4) is 0 Å². The van der Waals surface area contributed by atoms with Gasteiger partial charge < -0.3 is 19.7 Å². The Morgan fingerprint density at radius 1 is 0.533 bits per heavy atom. The number of nitrogens with one attached hydrogen (secondary N) is 3. The molecule has 6 aromatic rings. The van der Waals surface area contributed by atoms with E-state index in [1.165, 1.54) is 0 Å². The normalized spacial score (nSPS) is 12.1. The number of hydrogen-bond donors (Lipinski definition) is 3. The van der Waals surface area contributed by atoms with Crippen LogP contribution >= 0.6 is 0 Å². The fourth-order valence-electron chi connectivity index (χ4n) is 4.82. The van der Waals surface area contributed by atoms with Crippen molar-refractivity contribution in [2.75, 3.05) is 0 Å². The number of hydrogen-bond acceptors (Lipinski definition) is 1. The third-order valence-corrected chi connectivity index (χ3v) is 6.22. The minimum absolute atomic E-state index is 0.947. The van der Waals surface area contributed by atoms with E-state index < -0.39 is 5.41 Å². The van der Waals surface area contributed by atoms with Gasteiger partial charge in [-0.3, -0.25) is 0 Å². The van der Waals surface area contributed by atoms with Crippen molar-refractivity contribution in [1.29, 1.82) is 0 Å². The Labute approximate surface area is 172 Å². The maximum Gasteiger partial charge on any atom is 0.139 e. The lowest BCUT2D eigenvalue weighted by Crippen LogP contribution is -2.30. The van der Waals surface area contributed by atoms with Crippen LogP contribution in [0.5, 0.6) is 0 Å². The predicted octanol–water partition coefficient (Wildman–Crippen LogP) is 5.66. The molecule has 3 N–H and O–H groups in total. The van der Waals surface area contributed by atoms with Gasteiger partial charge in [-0.1, -0.05) is 54.6 Å². The maximum absolute atomic E-state index is 13.2. The molecular formula is C26H19N3O. The fourth-order valence-corrected chi connectivity index (χ4v) is 4.82. The number of rotatable bonds is 4. The van der Waals surface area contributed by atoms with Gasteiger partial charge in [0.05, 0.1) is 0 Å². The average molecular weight is 389 g/mol. The highest BCUT2D eigenvalue weighted by atomic mass is 16.1. The summed E-state index contributed by atoms with van der Waals surface area (Å²) in [6.45, 7) is 0. The van der Waals surface area contributed by atoms with Gasteiger partial charge in [0.25, 0.3) is 0 Å². The van der Waals surface area contributed by atoms with E-state index in [2.05, 4.69) is 33.2 Å². The van der Waals surface area contributed by atoms with E-state index in [1.807, 2.05) is 73.2 Å². The number of aromatic nitrogens is 3. The zero-order valence-electron chi connectivity index (χ0n) is 16.1. The Morgan fingerprint density at radius 3 is 1.20 bits per heavy atom. The van der Waals surface area contributed by atoms with Gasteiger partial charge >= 0.3 is 0 Å². The maximum atomic E-state index is 13.2. The van der Waals surface area contributed by atoms with E-state index in [4.69, 9.17) is 0 Å². The third kappa shape index (κ3) is 2.13. The first-order chi connectivity index (χ1) is 14.8. The quantitative estimate of drug-likeness (QED) is 0.335. The van der Waals surface area contributed by atoms with Gasteiger partial charge in [-0.05, 0) is 34.9 Å². The molecule has 0 saturated carbocycles. The summed E-state index contributed by atoms with van der Waals surface area (Å²) in [5.74, 6) is 0. The molecule has 4 heteroatoms. The van der Waals surface area contributed by atoms with Crippen molar-refractivity contribution >= 4 is 39.0 Å². The van der Waals surface area contributed by atoms with Gasteiger partial charge in [-0.2, -0.15) is 0 Å². The number of aldehydes is 1. The third-order valence-electron chi connectivity index (χ3n) is 6.22. The number of para-hydroxylation sites is 3. The van der Waals surface area contributed by atoms with Crippen molar-refractivity contribution in [3.05, 3.63) is 108 Å². The van der Waals surface area contributed by atoms with E-state index in [-0.39, 0.29) is 0 Å². The molecular weight excluding hydrogens is 370 g/mol. The van der Waals surface area contributed by atoms with Gasteiger partial charge in [-0.25, -0.2) is 0 Å². The zero-order valence-corrected chi connectivity index (χ0v) is 16.1. The standard InChI is InChI=1S/C26H19N3O/c30-16-26(20-13-27-23-10-4-1-7-17(20)23,21-14-28-24-11-5-2-8-18(21)24)22-15-29-25-12-6-3-9-19(22)25/h1-16,27-29H. The highest BCUT2D eigenvalue weighted by Gasteiger charge is 2.41. The van der Waals surface area contributed by atoms with Crippen LogP contribution in [-0.2, 0) is 10.2 Å². The van der Waals surface area contributed by atoms with E-state index >= 15 is 0 Å². The van der Waals surface area contributed by atoms with Crippen LogP contribution in [0, 0.1) is 0 Å². The molecule has 0 bridgehead atoms. The summed E-state index contributed by atoms with van der Waals surface area (Å²) in [5.41, 5.74) is 4.90. The largest absolute Gasteiger partial charge is 0.361 e. The lowest BCUT2D eigenvalue weighted by Gasteiger charge is -2.28. The molecule has 30 heavy (non-hydrogen) atoms. The van der Waals surface area contributed by atoms with Crippen LogP contribution in [-0.4, -0.2) is 21.2 Å². The number of fused-ring (bicyclic) bond motifs is 3. The van der Waals surface area contributed by atoms with Crippen molar-refractivity contribution in [1.82, 2.24) is 15.0 Å². The second-order valence-electron chi connectivity index (χ2n) is 7.67. The average Bonchev–Trinajstić information content (AvgIpc) is 3.53. The van der Waals surface area contributed by atoms with Crippen molar-refractivity contribution < 1.29 is 4.79 Å². The van der Waals surface area contributed by atoms with Gasteiger partial charge in [0.2, 0.25) is 0 Å². The van der Waals surface area contributed by atoms with Gasteiger partial charge in [-0.15, -0.1) is 0 Å². The predicted molar refractivity (Wildman–Crippen MR) is 121 cm³/mol. The second-order valence-corrected chi connectivity index (χ2v) is 7.67. The molecule has 144 valence electrons. The summed E-state index contributed by atoms with van der Waals surface area (Å²) < 4.78 is 0. The molecule has 4 nitrogen and oxygen atoms in total. The molecule has 3 heterocycles. The minimum Gasteiger partial charge on any atom is -0.361 e. The van der Waals surface area contributed by atoms with Crippen molar-refractivity contribution in [2.45, 2.75) is 5.41 Å². The van der Waals surface area contributed by atoms with Crippen LogP contribution in [0.1, 0.15) is 16.7 Å². The first kappa shape index (κ1) is 16.9. The molecule has 0 fully saturated rings. The Bertz CT molecular complexity index is 1350. The van der Waals surface area contributed by atoms with Gasteiger partial charge in [0, 0.05) is 51.3 Å². The van der Waals surface area contributed by atoms with E-state index in [0.29, 0.717) is 0 Å². The van der Waals surface area contributed by atoms with Crippen LogP contribution in [0.15, 0.2) is 91.4 Å². The topological polar surface area (TPSA) is 64.4 Å². The summed E-state index contributed by atoms with van der Waals surface area (Å²) in [5, 5.41) is 3.13. The fraction of sp³-hybridized carbons (Fsp3) is 0.0385. The first-order valence-corrected chi connectivity index (χ1v) is 9.99. The number of aromatic amines is 3. The molecule has 0 spiro atoms. The molecule has 3 aromatic carbocycles. The Morgan fingerprint density at radius 2 is 0.867 bits per heavy atom. The zero-order chi connectivity index (χ0) is 20.1. The minimum atomic E-state index is -0.973. The SMILES string of the molecule is O=CC(c1c[nH]c2ccccc12)(c1c[nH]c2ccccc12)c1c[nH]c2ccccc12. The highest BCUT2D eigenvalue weighted by molar-refractivity contribution is 6.02. The van der Waals surface area contributed by atoms with Crippen LogP contribution in [0.4, 0.5) is 0 Å². The number of H-pyrrole nitrogens is 3. The molecule has 0 saturated heterocycles. The molecule has 0 aliphatic rings. The number of benzene rings is 3. The molecule has 0 radical (unpaired) electrons. The molecule has 0 atom stereocenters.